The molecule has 204 valence electrons. The maximum absolute atomic E-state index is 13.5. The Morgan fingerprint density at radius 3 is 2.30 bits per heavy atom. The number of hydrogen-bond acceptors (Lipinski definition) is 4. The van der Waals surface area contributed by atoms with Crippen LogP contribution in [0.3, 0.4) is 0 Å². The molecule has 0 heterocycles. The van der Waals surface area contributed by atoms with Crippen molar-refractivity contribution in [1.82, 2.24) is 10.2 Å². The second-order valence-corrected chi connectivity index (χ2v) is 12.9. The highest BCUT2D eigenvalue weighted by atomic mass is 35.5. The molecule has 1 N–H and O–H groups in total. The molecule has 2 amide bonds. The predicted octanol–water partition coefficient (Wildman–Crippen LogP) is 5.57. The number of nitrogens with one attached hydrogen (secondary N) is 1. The molecule has 37 heavy (non-hydrogen) atoms. The van der Waals surface area contributed by atoms with Crippen molar-refractivity contribution in [3.63, 3.8) is 0 Å². The number of rotatable bonds is 11. The molecule has 0 aliphatic heterocycles. The molecular weight excluding hydrogens is 533 g/mol. The normalized spacial score (nSPS) is 12.6. The monoisotopic (exact) mass is 569 g/mol. The van der Waals surface area contributed by atoms with Gasteiger partial charge in [0.1, 0.15) is 6.04 Å². The molecule has 0 bridgehead atoms. The van der Waals surface area contributed by atoms with Gasteiger partial charge in [-0.3, -0.25) is 13.9 Å². The zero-order chi connectivity index (χ0) is 28.0. The number of benzene rings is 2. The Hall–Kier alpha value is -2.29. The van der Waals surface area contributed by atoms with E-state index >= 15 is 0 Å². The van der Waals surface area contributed by atoms with E-state index in [0.29, 0.717) is 27.7 Å². The summed E-state index contributed by atoms with van der Waals surface area (Å²) in [5.41, 5.74) is 1.68. The van der Waals surface area contributed by atoms with Crippen LogP contribution in [0.25, 0.3) is 0 Å². The number of aryl methyl sites for hydroxylation is 1. The first-order valence-corrected chi connectivity index (χ1v) is 14.8. The van der Waals surface area contributed by atoms with Crippen LogP contribution in [0.5, 0.6) is 0 Å². The smallest absolute Gasteiger partial charge is 0.243 e. The Kier molecular flexibility index (Phi) is 10.9. The molecule has 2 rings (SSSR count). The maximum atomic E-state index is 13.5. The average molecular weight is 571 g/mol. The molecule has 0 spiro atoms. The van der Waals surface area contributed by atoms with Crippen LogP contribution in [0, 0.1) is 6.92 Å². The molecule has 1 atom stereocenters. The minimum Gasteiger partial charge on any atom is -0.350 e. The summed E-state index contributed by atoms with van der Waals surface area (Å²) in [6, 6.07) is 11.5. The van der Waals surface area contributed by atoms with Gasteiger partial charge >= 0.3 is 0 Å². The number of carbonyl (C=O) groups is 2. The van der Waals surface area contributed by atoms with E-state index in [2.05, 4.69) is 5.32 Å². The highest BCUT2D eigenvalue weighted by molar-refractivity contribution is 7.92. The van der Waals surface area contributed by atoms with Crippen molar-refractivity contribution in [2.45, 2.75) is 72.0 Å². The van der Waals surface area contributed by atoms with Crippen molar-refractivity contribution < 1.29 is 18.0 Å². The third kappa shape index (κ3) is 9.51. The van der Waals surface area contributed by atoms with Crippen LogP contribution in [0.4, 0.5) is 5.69 Å². The minimum atomic E-state index is -3.55. The topological polar surface area (TPSA) is 86.8 Å². The molecule has 0 unspecified atom stereocenters. The van der Waals surface area contributed by atoms with Crippen LogP contribution in [0.2, 0.25) is 10.0 Å². The second-order valence-electron chi connectivity index (χ2n) is 10.2. The van der Waals surface area contributed by atoms with Gasteiger partial charge in [-0.15, -0.1) is 0 Å². The van der Waals surface area contributed by atoms with Gasteiger partial charge in [-0.1, -0.05) is 48.3 Å². The fraction of sp³-hybridized carbons (Fsp3) is 0.481. The minimum absolute atomic E-state index is 0.0579. The number of sulfonamides is 1. The van der Waals surface area contributed by atoms with Gasteiger partial charge in [-0.05, 0) is 75.9 Å². The lowest BCUT2D eigenvalue weighted by atomic mass is 10.0. The highest BCUT2D eigenvalue weighted by Crippen LogP contribution is 2.25. The lowest BCUT2D eigenvalue weighted by Gasteiger charge is -2.33. The van der Waals surface area contributed by atoms with Crippen LogP contribution in [0.1, 0.15) is 58.1 Å². The highest BCUT2D eigenvalue weighted by Gasteiger charge is 2.31. The van der Waals surface area contributed by atoms with Gasteiger partial charge < -0.3 is 10.2 Å². The van der Waals surface area contributed by atoms with Crippen LogP contribution < -0.4 is 9.62 Å². The van der Waals surface area contributed by atoms with Gasteiger partial charge in [0.15, 0.2) is 0 Å². The zero-order valence-corrected chi connectivity index (χ0v) is 24.7. The largest absolute Gasteiger partial charge is 0.350 e. The Morgan fingerprint density at radius 1 is 1.08 bits per heavy atom. The molecular formula is C27H37Cl2N3O4S. The Labute approximate surface area is 231 Å². The van der Waals surface area contributed by atoms with E-state index in [4.69, 9.17) is 23.2 Å². The molecule has 0 aromatic heterocycles. The van der Waals surface area contributed by atoms with Gasteiger partial charge in [0.2, 0.25) is 21.8 Å². The summed E-state index contributed by atoms with van der Waals surface area (Å²) in [4.78, 5) is 28.2. The number of hydrogen-bond donors (Lipinski definition) is 1. The van der Waals surface area contributed by atoms with Crippen molar-refractivity contribution in [3.8, 4) is 0 Å². The summed E-state index contributed by atoms with van der Waals surface area (Å²) in [5, 5.41) is 3.84. The van der Waals surface area contributed by atoms with E-state index < -0.39 is 21.6 Å². The maximum Gasteiger partial charge on any atom is 0.243 e. The number of halogens is 2. The fourth-order valence-electron chi connectivity index (χ4n) is 3.99. The summed E-state index contributed by atoms with van der Waals surface area (Å²) < 4.78 is 26.3. The molecule has 7 nitrogen and oxygen atoms in total. The first-order valence-electron chi connectivity index (χ1n) is 12.2. The third-order valence-corrected chi connectivity index (χ3v) is 7.46. The lowest BCUT2D eigenvalue weighted by molar-refractivity contribution is -0.142. The molecule has 0 radical (unpaired) electrons. The van der Waals surface area contributed by atoms with Crippen LogP contribution in [-0.2, 0) is 26.2 Å². The van der Waals surface area contributed by atoms with Crippen molar-refractivity contribution in [2.24, 2.45) is 0 Å². The van der Waals surface area contributed by atoms with Crippen LogP contribution in [-0.4, -0.2) is 49.5 Å². The van der Waals surface area contributed by atoms with E-state index in [1.165, 1.54) is 9.21 Å². The van der Waals surface area contributed by atoms with E-state index in [9.17, 15) is 18.0 Å². The zero-order valence-electron chi connectivity index (χ0n) is 22.3. The van der Waals surface area contributed by atoms with Crippen molar-refractivity contribution in [3.05, 3.63) is 63.6 Å². The first kappa shape index (κ1) is 30.9. The van der Waals surface area contributed by atoms with Gasteiger partial charge in [0.05, 0.1) is 11.9 Å². The summed E-state index contributed by atoms with van der Waals surface area (Å²) in [7, 11) is -3.55. The average Bonchev–Trinajstić information content (AvgIpc) is 2.75. The van der Waals surface area contributed by atoms with Crippen molar-refractivity contribution in [2.75, 3.05) is 17.1 Å². The molecule has 2 aromatic carbocycles. The number of amides is 2. The van der Waals surface area contributed by atoms with E-state index in [0.717, 1.165) is 11.8 Å². The molecule has 10 heteroatoms. The lowest BCUT2D eigenvalue weighted by Crippen LogP contribution is -2.53. The quantitative estimate of drug-likeness (QED) is 0.383. The first-order chi connectivity index (χ1) is 17.1. The summed E-state index contributed by atoms with van der Waals surface area (Å²) in [6.45, 7) is 9.63. The van der Waals surface area contributed by atoms with Gasteiger partial charge in [-0.25, -0.2) is 8.42 Å². The van der Waals surface area contributed by atoms with E-state index in [-0.39, 0.29) is 37.7 Å². The van der Waals surface area contributed by atoms with E-state index in [1.54, 1.807) is 36.4 Å². The standard InChI is InChI=1S/C27H37Cl2N3O4S/c1-7-24(26(34)30-27(3,4)5)31(18-20-13-14-21(28)17-23(20)29)25(33)12-9-15-32(37(6,35)36)22-11-8-10-19(2)16-22/h8,10-11,13-14,16-17,24H,7,9,12,15,18H2,1-6H3,(H,30,34)/t24-/m0/s1. The van der Waals surface area contributed by atoms with Crippen LogP contribution >= 0.6 is 23.2 Å². The Bertz CT molecular complexity index is 1210. The molecule has 0 fully saturated rings. The van der Waals surface area contributed by atoms with Gasteiger partial charge in [0, 0.05) is 35.1 Å². The number of carbonyl (C=O) groups excluding carboxylic acids is 2. The second kappa shape index (κ2) is 13.0. The third-order valence-electron chi connectivity index (χ3n) is 5.68. The van der Waals surface area contributed by atoms with Crippen LogP contribution in [0.15, 0.2) is 42.5 Å². The molecule has 0 saturated carbocycles. The van der Waals surface area contributed by atoms with E-state index in [1.807, 2.05) is 40.7 Å². The summed E-state index contributed by atoms with van der Waals surface area (Å²) in [6.07, 6.45) is 1.89. The predicted molar refractivity (Wildman–Crippen MR) is 152 cm³/mol. The SMILES string of the molecule is CC[C@@H](C(=O)NC(C)(C)C)N(Cc1ccc(Cl)cc1Cl)C(=O)CCCN(c1cccc(C)c1)S(C)(=O)=O. The number of anilines is 1. The van der Waals surface area contributed by atoms with Crippen molar-refractivity contribution in [1.29, 1.82) is 0 Å². The number of nitrogens with zero attached hydrogens (tertiary/aromatic N) is 2. The molecule has 0 aliphatic carbocycles. The molecule has 2 aromatic rings. The summed E-state index contributed by atoms with van der Waals surface area (Å²) in [5.74, 6) is -0.523. The molecule has 0 aliphatic rings. The van der Waals surface area contributed by atoms with Crippen molar-refractivity contribution >= 4 is 50.7 Å². The van der Waals surface area contributed by atoms with Gasteiger partial charge in [0.25, 0.3) is 0 Å². The molecule has 0 saturated heterocycles. The Balaban J connectivity index is 2.28. The summed E-state index contributed by atoms with van der Waals surface area (Å²) >= 11 is 12.4. The Morgan fingerprint density at radius 2 is 1.76 bits per heavy atom. The fourth-order valence-corrected chi connectivity index (χ4v) is 5.42. The van der Waals surface area contributed by atoms with Gasteiger partial charge in [-0.2, -0.15) is 0 Å².